The molecule has 0 saturated heterocycles. The second-order valence-corrected chi connectivity index (χ2v) is 9.59. The van der Waals surface area contributed by atoms with Crippen LogP contribution in [0.15, 0.2) is 34.2 Å². The van der Waals surface area contributed by atoms with E-state index in [-0.39, 0.29) is 6.04 Å². The number of benzene rings is 1. The van der Waals surface area contributed by atoms with E-state index in [0.717, 1.165) is 18.4 Å². The van der Waals surface area contributed by atoms with Crippen molar-refractivity contribution in [1.29, 1.82) is 0 Å². The molecule has 0 unspecified atom stereocenters. The van der Waals surface area contributed by atoms with Gasteiger partial charge in [0.1, 0.15) is 0 Å². The number of ether oxygens (including phenoxy) is 1. The molecule has 2 fully saturated rings. The Morgan fingerprint density at radius 3 is 2.34 bits per heavy atom. The average molecular weight is 423 g/mol. The number of hydrogen-bond donors (Lipinski definition) is 3. The lowest BCUT2D eigenvalue weighted by atomic mass is 10.1. The van der Waals surface area contributed by atoms with Crippen LogP contribution in [0.1, 0.15) is 56.9 Å². The quantitative estimate of drug-likeness (QED) is 0.246. The highest BCUT2D eigenvalue weighted by Gasteiger charge is 2.27. The summed E-state index contributed by atoms with van der Waals surface area (Å²) in [6.07, 6.45) is 9.83. The van der Waals surface area contributed by atoms with Gasteiger partial charge in [-0.2, -0.15) is 0 Å². The zero-order valence-corrected chi connectivity index (χ0v) is 18.1. The highest BCUT2D eigenvalue weighted by Crippen LogP contribution is 2.22. The molecule has 0 bridgehead atoms. The second kappa shape index (κ2) is 10.9. The van der Waals surface area contributed by atoms with Gasteiger partial charge in [-0.3, -0.25) is 4.99 Å². The highest BCUT2D eigenvalue weighted by atomic mass is 32.2. The number of rotatable bonds is 9. The molecule has 3 rings (SSSR count). The number of nitrogens with one attached hydrogen (secondary N) is 3. The number of nitrogens with zero attached hydrogens (tertiary/aromatic N) is 1. The van der Waals surface area contributed by atoms with E-state index in [1.165, 1.54) is 38.5 Å². The standard InChI is InChI=1S/C21H34N4O3S/c1-22-21(23-14-15-28-19-6-4-2-3-5-7-19)24-16-17-8-12-20(13-9-17)29(26,27)25-18-10-11-18/h8-9,12-13,18-19,25H,2-7,10-11,14-16H2,1H3,(H2,22,23,24). The van der Waals surface area contributed by atoms with Crippen LogP contribution >= 0.6 is 0 Å². The Morgan fingerprint density at radius 1 is 1.03 bits per heavy atom. The third kappa shape index (κ3) is 7.60. The molecule has 0 aliphatic heterocycles. The van der Waals surface area contributed by atoms with Crippen LogP contribution < -0.4 is 15.4 Å². The first-order chi connectivity index (χ1) is 14.1. The van der Waals surface area contributed by atoms with Crippen LogP contribution in [-0.4, -0.2) is 46.7 Å². The summed E-state index contributed by atoms with van der Waals surface area (Å²) in [7, 11) is -1.66. The summed E-state index contributed by atoms with van der Waals surface area (Å²) in [5.41, 5.74) is 0.994. The maximum Gasteiger partial charge on any atom is 0.240 e. The molecule has 0 atom stereocenters. The largest absolute Gasteiger partial charge is 0.376 e. The summed E-state index contributed by atoms with van der Waals surface area (Å²) in [6, 6.07) is 7.08. The van der Waals surface area contributed by atoms with Crippen molar-refractivity contribution in [3.05, 3.63) is 29.8 Å². The molecule has 8 heteroatoms. The molecule has 1 aromatic carbocycles. The second-order valence-electron chi connectivity index (χ2n) is 7.88. The molecule has 3 N–H and O–H groups in total. The Morgan fingerprint density at radius 2 is 1.72 bits per heavy atom. The highest BCUT2D eigenvalue weighted by molar-refractivity contribution is 7.89. The molecule has 0 aromatic heterocycles. The van der Waals surface area contributed by atoms with Gasteiger partial charge < -0.3 is 15.4 Å². The molecule has 0 radical (unpaired) electrons. The maximum atomic E-state index is 12.2. The van der Waals surface area contributed by atoms with Crippen LogP contribution in [0.5, 0.6) is 0 Å². The average Bonchev–Trinajstić information content (AvgIpc) is 3.55. The molecular formula is C21H34N4O3S. The summed E-state index contributed by atoms with van der Waals surface area (Å²) < 4.78 is 33.1. The van der Waals surface area contributed by atoms with Gasteiger partial charge in [0.05, 0.1) is 17.6 Å². The van der Waals surface area contributed by atoms with Gasteiger partial charge in [-0.1, -0.05) is 37.8 Å². The van der Waals surface area contributed by atoms with Gasteiger partial charge >= 0.3 is 0 Å². The Labute approximate surface area is 174 Å². The predicted octanol–water partition coefficient (Wildman–Crippen LogP) is 2.53. The van der Waals surface area contributed by atoms with Crippen LogP contribution in [0, 0.1) is 0 Å². The Hall–Kier alpha value is -1.64. The molecule has 0 amide bonds. The minimum atomic E-state index is -3.40. The smallest absolute Gasteiger partial charge is 0.240 e. The van der Waals surface area contributed by atoms with E-state index in [4.69, 9.17) is 4.74 Å². The normalized spacial score (nSPS) is 19.0. The Balaban J connectivity index is 1.37. The fourth-order valence-corrected chi connectivity index (χ4v) is 4.79. The Kier molecular flexibility index (Phi) is 8.32. The molecule has 0 heterocycles. The lowest BCUT2D eigenvalue weighted by Crippen LogP contribution is -2.38. The first-order valence-corrected chi connectivity index (χ1v) is 12.2. The van der Waals surface area contributed by atoms with Crippen LogP contribution in [0.3, 0.4) is 0 Å². The fraction of sp³-hybridized carbons (Fsp3) is 0.667. The third-order valence-electron chi connectivity index (χ3n) is 5.37. The summed E-state index contributed by atoms with van der Waals surface area (Å²) in [5, 5.41) is 6.52. The molecule has 162 valence electrons. The number of guanidine groups is 1. The van der Waals surface area contributed by atoms with Gasteiger partial charge in [0.15, 0.2) is 5.96 Å². The zero-order valence-electron chi connectivity index (χ0n) is 17.3. The molecular weight excluding hydrogens is 388 g/mol. The van der Waals surface area contributed by atoms with Crippen LogP contribution in [0.2, 0.25) is 0 Å². The number of sulfonamides is 1. The SMILES string of the molecule is CN=C(NCCOC1CCCCCC1)NCc1ccc(S(=O)(=O)NC2CC2)cc1. The third-order valence-corrected chi connectivity index (χ3v) is 6.90. The van der Waals surface area contributed by atoms with E-state index in [1.807, 2.05) is 12.1 Å². The first kappa shape index (κ1) is 22.1. The van der Waals surface area contributed by atoms with Gasteiger partial charge in [0, 0.05) is 26.2 Å². The van der Waals surface area contributed by atoms with Crippen LogP contribution in [0.4, 0.5) is 0 Å². The van der Waals surface area contributed by atoms with Crippen LogP contribution in [0.25, 0.3) is 0 Å². The maximum absolute atomic E-state index is 12.2. The molecule has 2 aliphatic rings. The van der Waals surface area contributed by atoms with Crippen molar-refractivity contribution < 1.29 is 13.2 Å². The topological polar surface area (TPSA) is 91.8 Å². The van der Waals surface area contributed by atoms with E-state index in [1.54, 1.807) is 19.2 Å². The summed E-state index contributed by atoms with van der Waals surface area (Å²) >= 11 is 0. The van der Waals surface area contributed by atoms with Crippen molar-refractivity contribution in [3.63, 3.8) is 0 Å². The summed E-state index contributed by atoms with van der Waals surface area (Å²) in [4.78, 5) is 4.54. The van der Waals surface area contributed by atoms with Gasteiger partial charge in [-0.05, 0) is 43.4 Å². The molecule has 1 aromatic rings. The lowest BCUT2D eigenvalue weighted by Gasteiger charge is -2.17. The zero-order chi connectivity index (χ0) is 20.5. The fourth-order valence-electron chi connectivity index (χ4n) is 3.49. The molecule has 0 spiro atoms. The minimum absolute atomic E-state index is 0.113. The first-order valence-electron chi connectivity index (χ1n) is 10.7. The van der Waals surface area contributed by atoms with Crippen molar-refractivity contribution in [3.8, 4) is 0 Å². The summed E-state index contributed by atoms with van der Waals surface area (Å²) in [6.45, 7) is 1.95. The molecule has 2 saturated carbocycles. The lowest BCUT2D eigenvalue weighted by molar-refractivity contribution is 0.0468. The number of aliphatic imine (C=N–C) groups is 1. The van der Waals surface area contributed by atoms with Crippen molar-refractivity contribution in [2.45, 2.75) is 75.0 Å². The van der Waals surface area contributed by atoms with Crippen molar-refractivity contribution in [2.24, 2.45) is 4.99 Å². The molecule has 7 nitrogen and oxygen atoms in total. The van der Waals surface area contributed by atoms with Gasteiger partial charge in [-0.25, -0.2) is 13.1 Å². The van der Waals surface area contributed by atoms with Crippen molar-refractivity contribution >= 4 is 16.0 Å². The van der Waals surface area contributed by atoms with E-state index in [0.29, 0.717) is 36.7 Å². The van der Waals surface area contributed by atoms with Gasteiger partial charge in [0.25, 0.3) is 0 Å². The molecule has 2 aliphatic carbocycles. The van der Waals surface area contributed by atoms with E-state index < -0.39 is 10.0 Å². The summed E-state index contributed by atoms with van der Waals surface area (Å²) in [5.74, 6) is 0.710. The monoisotopic (exact) mass is 422 g/mol. The molecule has 29 heavy (non-hydrogen) atoms. The van der Waals surface area contributed by atoms with Crippen LogP contribution in [-0.2, 0) is 21.3 Å². The van der Waals surface area contributed by atoms with Gasteiger partial charge in [-0.15, -0.1) is 0 Å². The van der Waals surface area contributed by atoms with E-state index in [2.05, 4.69) is 20.3 Å². The Bertz CT molecular complexity index is 753. The van der Waals surface area contributed by atoms with Crippen molar-refractivity contribution in [1.82, 2.24) is 15.4 Å². The number of hydrogen-bond acceptors (Lipinski definition) is 4. The minimum Gasteiger partial charge on any atom is -0.376 e. The van der Waals surface area contributed by atoms with E-state index >= 15 is 0 Å². The predicted molar refractivity (Wildman–Crippen MR) is 115 cm³/mol. The van der Waals surface area contributed by atoms with Crippen molar-refractivity contribution in [2.75, 3.05) is 20.2 Å². The van der Waals surface area contributed by atoms with Gasteiger partial charge in [0.2, 0.25) is 10.0 Å². The van der Waals surface area contributed by atoms with E-state index in [9.17, 15) is 8.42 Å².